The van der Waals surface area contributed by atoms with Crippen molar-refractivity contribution in [3.8, 4) is 17.6 Å². The maximum absolute atomic E-state index is 11.1. The van der Waals surface area contributed by atoms with Gasteiger partial charge in [-0.3, -0.25) is 10.1 Å². The monoisotopic (exact) mass is 508 g/mol. The van der Waals surface area contributed by atoms with E-state index >= 15 is 0 Å². The third kappa shape index (κ3) is 6.63. The molecule has 0 atom stereocenters. The highest BCUT2D eigenvalue weighted by Crippen LogP contribution is 2.36. The number of halogens is 2. The Kier molecular flexibility index (Phi) is 8.91. The van der Waals surface area contributed by atoms with E-state index in [-0.39, 0.29) is 17.9 Å². The van der Waals surface area contributed by atoms with Gasteiger partial charge in [-0.15, -0.1) is 6.58 Å². The summed E-state index contributed by atoms with van der Waals surface area (Å²) in [6, 6.07) is 16.9. The van der Waals surface area contributed by atoms with Crippen LogP contribution in [0, 0.1) is 21.4 Å². The number of nitriles is 1. The molecule has 0 radical (unpaired) electrons. The molecule has 0 unspecified atom stereocenters. The fourth-order valence-electron chi connectivity index (χ4n) is 3.42. The molecule has 0 N–H and O–H groups in total. The molecule has 35 heavy (non-hydrogen) atoms. The quantitative estimate of drug-likeness (QED) is 0.0920. The lowest BCUT2D eigenvalue weighted by atomic mass is 10.0. The van der Waals surface area contributed by atoms with Gasteiger partial charge in [0.25, 0.3) is 5.69 Å². The first kappa shape index (κ1) is 25.8. The van der Waals surface area contributed by atoms with E-state index in [0.29, 0.717) is 45.7 Å². The third-order valence-corrected chi connectivity index (χ3v) is 5.59. The molecule has 0 spiro atoms. The van der Waals surface area contributed by atoms with Crippen LogP contribution in [0.5, 0.6) is 11.5 Å². The highest BCUT2D eigenvalue weighted by Gasteiger charge is 2.15. The van der Waals surface area contributed by atoms with Crippen LogP contribution in [0.3, 0.4) is 0 Å². The summed E-state index contributed by atoms with van der Waals surface area (Å²) in [5, 5.41) is 21.9. The maximum atomic E-state index is 11.1. The number of nitro benzene ring substituents is 1. The smallest absolute Gasteiger partial charge is 0.270 e. The standard InChI is InChI=1S/C27H22Cl2N2O4/c1-3-6-20-11-18(12-22(16-30)19-7-5-8-24(14-19)31(32)33)13-26(34-4-2)27(20)35-17-21-9-10-23(28)15-25(21)29/h3,5,7-15H,1,4,6,17H2,2H3/b22-12-. The average Bonchev–Trinajstić information content (AvgIpc) is 2.83. The van der Waals surface area contributed by atoms with Gasteiger partial charge < -0.3 is 9.47 Å². The Labute approximate surface area is 213 Å². The Morgan fingerprint density at radius 3 is 2.60 bits per heavy atom. The molecule has 0 bridgehead atoms. The molecule has 6 nitrogen and oxygen atoms in total. The summed E-state index contributed by atoms with van der Waals surface area (Å²) in [4.78, 5) is 10.7. The van der Waals surface area contributed by atoms with E-state index in [9.17, 15) is 15.4 Å². The van der Waals surface area contributed by atoms with Crippen LogP contribution in [-0.4, -0.2) is 11.5 Å². The van der Waals surface area contributed by atoms with Crippen LogP contribution in [0.25, 0.3) is 11.6 Å². The van der Waals surface area contributed by atoms with Gasteiger partial charge in [0.2, 0.25) is 0 Å². The van der Waals surface area contributed by atoms with Gasteiger partial charge in [0.05, 0.1) is 23.2 Å². The summed E-state index contributed by atoms with van der Waals surface area (Å²) in [5.41, 5.74) is 2.90. The Balaban J connectivity index is 2.03. The molecule has 3 aromatic carbocycles. The third-order valence-electron chi connectivity index (χ3n) is 5.00. The topological polar surface area (TPSA) is 85.4 Å². The first-order valence-electron chi connectivity index (χ1n) is 10.7. The Bertz CT molecular complexity index is 1330. The minimum absolute atomic E-state index is 0.0874. The number of allylic oxidation sites excluding steroid dienone is 2. The van der Waals surface area contributed by atoms with E-state index in [2.05, 4.69) is 12.6 Å². The summed E-state index contributed by atoms with van der Waals surface area (Å²) in [5.74, 6) is 1.04. The highest BCUT2D eigenvalue weighted by molar-refractivity contribution is 6.35. The average molecular weight is 509 g/mol. The molecule has 0 aromatic heterocycles. The molecule has 3 aromatic rings. The van der Waals surface area contributed by atoms with Gasteiger partial charge in [0.1, 0.15) is 6.61 Å². The number of ether oxygens (including phenoxy) is 2. The largest absolute Gasteiger partial charge is 0.490 e. The molecule has 0 saturated carbocycles. The van der Waals surface area contributed by atoms with Crippen LogP contribution >= 0.6 is 23.2 Å². The van der Waals surface area contributed by atoms with Crippen LogP contribution < -0.4 is 9.47 Å². The van der Waals surface area contributed by atoms with Crippen molar-refractivity contribution in [3.05, 3.63) is 110 Å². The molecule has 0 fully saturated rings. The Morgan fingerprint density at radius 1 is 1.14 bits per heavy atom. The number of hydrogen-bond acceptors (Lipinski definition) is 5. The molecule has 0 saturated heterocycles. The summed E-state index contributed by atoms with van der Waals surface area (Å²) >= 11 is 12.3. The van der Waals surface area contributed by atoms with E-state index in [1.165, 1.54) is 12.1 Å². The number of hydrogen-bond donors (Lipinski definition) is 0. The highest BCUT2D eigenvalue weighted by atomic mass is 35.5. The second-order valence-corrected chi connectivity index (χ2v) is 8.28. The van der Waals surface area contributed by atoms with E-state index in [0.717, 1.165) is 11.1 Å². The van der Waals surface area contributed by atoms with Gasteiger partial charge in [0.15, 0.2) is 11.5 Å². The van der Waals surface area contributed by atoms with Crippen molar-refractivity contribution >= 4 is 40.5 Å². The van der Waals surface area contributed by atoms with Crippen molar-refractivity contribution in [1.29, 1.82) is 5.26 Å². The Morgan fingerprint density at radius 2 is 1.94 bits per heavy atom. The van der Waals surface area contributed by atoms with Gasteiger partial charge in [-0.2, -0.15) is 5.26 Å². The maximum Gasteiger partial charge on any atom is 0.270 e. The number of non-ortho nitro benzene ring substituents is 1. The van der Waals surface area contributed by atoms with Crippen LogP contribution in [-0.2, 0) is 13.0 Å². The number of rotatable bonds is 10. The van der Waals surface area contributed by atoms with Crippen molar-refractivity contribution in [2.24, 2.45) is 0 Å². The first-order chi connectivity index (χ1) is 16.9. The molecule has 0 heterocycles. The van der Waals surface area contributed by atoms with Crippen molar-refractivity contribution in [2.45, 2.75) is 20.0 Å². The molecule has 0 amide bonds. The number of nitrogens with zero attached hydrogens (tertiary/aromatic N) is 2. The molecule has 0 aliphatic rings. The fraction of sp³-hybridized carbons (Fsp3) is 0.148. The molecular formula is C27H22Cl2N2O4. The minimum Gasteiger partial charge on any atom is -0.490 e. The Hall–Kier alpha value is -3.79. The van der Waals surface area contributed by atoms with Gasteiger partial charge in [0, 0.05) is 33.3 Å². The molecular weight excluding hydrogens is 487 g/mol. The first-order valence-corrected chi connectivity index (χ1v) is 11.5. The minimum atomic E-state index is -0.493. The van der Waals surface area contributed by atoms with E-state index < -0.39 is 4.92 Å². The lowest BCUT2D eigenvalue weighted by Gasteiger charge is -2.17. The number of benzene rings is 3. The van der Waals surface area contributed by atoms with Gasteiger partial charge in [-0.1, -0.05) is 47.5 Å². The summed E-state index contributed by atoms with van der Waals surface area (Å²) < 4.78 is 12.0. The fourth-order valence-corrected chi connectivity index (χ4v) is 3.89. The predicted molar refractivity (Wildman–Crippen MR) is 139 cm³/mol. The lowest BCUT2D eigenvalue weighted by Crippen LogP contribution is -2.04. The van der Waals surface area contributed by atoms with Crippen LogP contribution in [0.2, 0.25) is 10.0 Å². The molecule has 0 aliphatic carbocycles. The lowest BCUT2D eigenvalue weighted by molar-refractivity contribution is -0.384. The summed E-state index contributed by atoms with van der Waals surface area (Å²) in [7, 11) is 0. The number of nitro groups is 1. The van der Waals surface area contributed by atoms with E-state index in [4.69, 9.17) is 32.7 Å². The summed E-state index contributed by atoms with van der Waals surface area (Å²) in [6.07, 6.45) is 3.89. The second-order valence-electron chi connectivity index (χ2n) is 7.43. The zero-order valence-corrected chi connectivity index (χ0v) is 20.5. The van der Waals surface area contributed by atoms with Crippen LogP contribution in [0.15, 0.2) is 67.3 Å². The van der Waals surface area contributed by atoms with Crippen LogP contribution in [0.1, 0.15) is 29.2 Å². The zero-order valence-electron chi connectivity index (χ0n) is 19.0. The van der Waals surface area contributed by atoms with Crippen LogP contribution in [0.4, 0.5) is 5.69 Å². The van der Waals surface area contributed by atoms with Gasteiger partial charge in [-0.05, 0) is 54.8 Å². The molecule has 8 heteroatoms. The van der Waals surface area contributed by atoms with E-state index in [1.807, 2.05) is 13.0 Å². The van der Waals surface area contributed by atoms with Crippen molar-refractivity contribution in [1.82, 2.24) is 0 Å². The van der Waals surface area contributed by atoms with Gasteiger partial charge >= 0.3 is 0 Å². The normalized spacial score (nSPS) is 11.0. The van der Waals surface area contributed by atoms with Gasteiger partial charge in [-0.25, -0.2) is 0 Å². The second kappa shape index (κ2) is 12.1. The van der Waals surface area contributed by atoms with Crippen molar-refractivity contribution < 1.29 is 14.4 Å². The molecule has 178 valence electrons. The molecule has 0 aliphatic heterocycles. The van der Waals surface area contributed by atoms with Crippen molar-refractivity contribution in [3.63, 3.8) is 0 Å². The summed E-state index contributed by atoms with van der Waals surface area (Å²) in [6.45, 7) is 6.29. The van der Waals surface area contributed by atoms with Crippen molar-refractivity contribution in [2.75, 3.05) is 6.61 Å². The van der Waals surface area contributed by atoms with E-state index in [1.54, 1.807) is 48.6 Å². The SMILES string of the molecule is C=CCc1cc(/C=C(/C#N)c2cccc([N+](=O)[O-])c2)cc(OCC)c1OCc1ccc(Cl)cc1Cl. The zero-order chi connectivity index (χ0) is 25.4. The molecule has 3 rings (SSSR count). The predicted octanol–water partition coefficient (Wildman–Crippen LogP) is 7.67.